The number of thioether (sulfide) groups is 1. The van der Waals surface area contributed by atoms with E-state index in [1.54, 1.807) is 17.2 Å². The molecule has 266 valence electrons. The average molecular weight is 701 g/mol. The summed E-state index contributed by atoms with van der Waals surface area (Å²) in [6.07, 6.45) is 1.90. The minimum atomic E-state index is -1.14. The molecule has 3 atom stereocenters. The van der Waals surface area contributed by atoms with Crippen molar-refractivity contribution in [1.82, 2.24) is 20.1 Å². The Morgan fingerprint density at radius 3 is 2.29 bits per heavy atom. The third kappa shape index (κ3) is 11.7. The van der Waals surface area contributed by atoms with Crippen molar-refractivity contribution in [1.29, 1.82) is 0 Å². The molecule has 0 aliphatic carbocycles. The number of benzene rings is 2. The fourth-order valence-electron chi connectivity index (χ4n) is 5.41. The van der Waals surface area contributed by atoms with Gasteiger partial charge in [-0.1, -0.05) is 51.1 Å². The van der Waals surface area contributed by atoms with Gasteiger partial charge in [-0.2, -0.15) is 0 Å². The van der Waals surface area contributed by atoms with Crippen molar-refractivity contribution in [2.24, 2.45) is 16.9 Å². The van der Waals surface area contributed by atoms with Crippen molar-refractivity contribution in [2.45, 2.75) is 58.8 Å². The van der Waals surface area contributed by atoms with Crippen LogP contribution in [0.5, 0.6) is 0 Å². The molecule has 3 amide bonds. The van der Waals surface area contributed by atoms with E-state index in [1.807, 2.05) is 55.7 Å². The molecule has 3 rings (SSSR count). The number of halogens is 2. The van der Waals surface area contributed by atoms with Gasteiger partial charge in [-0.3, -0.25) is 19.2 Å². The van der Waals surface area contributed by atoms with Gasteiger partial charge in [0.15, 0.2) is 0 Å². The fourth-order valence-corrected chi connectivity index (χ4v) is 6.21. The number of hydrogen-bond donors (Lipinski definition) is 5. The molecule has 2 aromatic carbocycles. The molecule has 0 saturated carbocycles. The van der Waals surface area contributed by atoms with Crippen LogP contribution in [0.4, 0.5) is 8.78 Å². The van der Waals surface area contributed by atoms with Crippen LogP contribution in [0.15, 0.2) is 60.8 Å². The Balaban J connectivity index is 1.74. The van der Waals surface area contributed by atoms with Crippen LogP contribution in [-0.4, -0.2) is 81.5 Å². The molecule has 7 N–H and O–H groups in total. The maximum atomic E-state index is 14.9. The van der Waals surface area contributed by atoms with Crippen molar-refractivity contribution in [2.75, 3.05) is 31.1 Å². The Bertz CT molecular complexity index is 1600. The van der Waals surface area contributed by atoms with Gasteiger partial charge in [0.25, 0.3) is 0 Å². The SMILES string of the molecule is CC(=O)N(CCC(N)C(=O)NCCNC(=O)CSC[C@H](N)C(=O)O)C(c1cc(-c2cc(F)ccc2F)cn1Cc1ccccc1)C(C)(C)C. The number of aliphatic carboxylic acids is 1. The highest BCUT2D eigenvalue weighted by Crippen LogP contribution is 2.41. The van der Waals surface area contributed by atoms with Crippen LogP contribution in [0, 0.1) is 17.0 Å². The second-order valence-corrected chi connectivity index (χ2v) is 13.9. The van der Waals surface area contributed by atoms with Crippen molar-refractivity contribution in [3.63, 3.8) is 0 Å². The van der Waals surface area contributed by atoms with Gasteiger partial charge in [0.1, 0.15) is 17.7 Å². The molecular weight excluding hydrogens is 654 g/mol. The first-order valence-electron chi connectivity index (χ1n) is 15.9. The van der Waals surface area contributed by atoms with Crippen LogP contribution >= 0.6 is 11.8 Å². The minimum absolute atomic E-state index is 0.0255. The molecule has 0 aliphatic heterocycles. The normalized spacial score (nSPS) is 13.3. The van der Waals surface area contributed by atoms with E-state index in [2.05, 4.69) is 10.6 Å². The lowest BCUT2D eigenvalue weighted by molar-refractivity contribution is -0.138. The first kappa shape index (κ1) is 39.2. The maximum Gasteiger partial charge on any atom is 0.321 e. The highest BCUT2D eigenvalue weighted by atomic mass is 32.2. The smallest absolute Gasteiger partial charge is 0.321 e. The van der Waals surface area contributed by atoms with Crippen molar-refractivity contribution >= 4 is 35.5 Å². The van der Waals surface area contributed by atoms with Crippen LogP contribution < -0.4 is 22.1 Å². The summed E-state index contributed by atoms with van der Waals surface area (Å²) in [4.78, 5) is 50.5. The Kier molecular flexibility index (Phi) is 14.3. The Hall–Kier alpha value is -4.27. The van der Waals surface area contributed by atoms with Crippen LogP contribution in [0.3, 0.4) is 0 Å². The molecule has 0 bridgehead atoms. The van der Waals surface area contributed by atoms with Gasteiger partial charge < -0.3 is 36.7 Å². The summed E-state index contributed by atoms with van der Waals surface area (Å²) in [7, 11) is 0. The Morgan fingerprint density at radius 1 is 0.980 bits per heavy atom. The molecule has 0 aliphatic rings. The molecule has 0 saturated heterocycles. The molecule has 0 radical (unpaired) electrons. The van der Waals surface area contributed by atoms with Gasteiger partial charge in [0.05, 0.1) is 17.8 Å². The number of carbonyl (C=O) groups excluding carboxylic acids is 3. The zero-order chi connectivity index (χ0) is 36.3. The molecule has 49 heavy (non-hydrogen) atoms. The van der Waals surface area contributed by atoms with Crippen LogP contribution in [0.25, 0.3) is 11.1 Å². The summed E-state index contributed by atoms with van der Waals surface area (Å²) >= 11 is 1.09. The van der Waals surface area contributed by atoms with Gasteiger partial charge in [-0.25, -0.2) is 8.78 Å². The predicted octanol–water partition coefficient (Wildman–Crippen LogP) is 3.51. The standard InChI is InChI=1S/C35H46F2N6O5S/c1-22(44)43(15-12-28(38)33(46)41-14-13-40-31(45)21-49-20-29(39)34(47)48)32(35(2,3)4)30-16-24(26-17-25(36)10-11-27(26)37)19-42(30)18-23-8-6-5-7-9-23/h5-11,16-17,19,28-29,32H,12-15,18,20-21,38-39H2,1-4H3,(H,40,45)(H,41,46)(H,47,48)/t28?,29-,32?/m0/s1. The molecule has 11 nitrogen and oxygen atoms in total. The van der Waals surface area contributed by atoms with Gasteiger partial charge in [-0.15, -0.1) is 11.8 Å². The first-order chi connectivity index (χ1) is 23.1. The number of nitrogens with one attached hydrogen (secondary N) is 2. The van der Waals surface area contributed by atoms with E-state index >= 15 is 0 Å². The number of carbonyl (C=O) groups is 4. The number of amides is 3. The molecule has 14 heteroatoms. The molecule has 1 aromatic heterocycles. The maximum absolute atomic E-state index is 14.9. The molecule has 0 spiro atoms. The third-order valence-corrected chi connectivity index (χ3v) is 8.85. The van der Waals surface area contributed by atoms with Crippen molar-refractivity contribution in [3.8, 4) is 11.1 Å². The van der Waals surface area contributed by atoms with E-state index in [4.69, 9.17) is 16.6 Å². The van der Waals surface area contributed by atoms with Gasteiger partial charge in [0, 0.05) is 61.9 Å². The van der Waals surface area contributed by atoms with E-state index in [0.717, 1.165) is 35.5 Å². The lowest BCUT2D eigenvalue weighted by Crippen LogP contribution is -2.47. The summed E-state index contributed by atoms with van der Waals surface area (Å²) < 4.78 is 31.1. The second-order valence-electron chi connectivity index (χ2n) is 12.9. The number of nitrogens with two attached hydrogens (primary N) is 2. The summed E-state index contributed by atoms with van der Waals surface area (Å²) in [5.74, 6) is -3.20. The molecule has 3 aromatic rings. The quantitative estimate of drug-likeness (QED) is 0.133. The molecule has 1 heterocycles. The summed E-state index contributed by atoms with van der Waals surface area (Å²) in [6.45, 7) is 8.20. The molecule has 2 unspecified atom stereocenters. The topological polar surface area (TPSA) is 173 Å². The van der Waals surface area contributed by atoms with Crippen LogP contribution in [0.1, 0.15) is 51.4 Å². The van der Waals surface area contributed by atoms with E-state index in [1.165, 1.54) is 6.92 Å². The summed E-state index contributed by atoms with van der Waals surface area (Å²) in [6, 6.07) is 12.2. The van der Waals surface area contributed by atoms with E-state index in [9.17, 15) is 28.0 Å². The van der Waals surface area contributed by atoms with Crippen LogP contribution in [-0.2, 0) is 25.7 Å². The number of carboxylic acids is 1. The highest BCUT2D eigenvalue weighted by molar-refractivity contribution is 8.00. The number of rotatable bonds is 17. The van der Waals surface area contributed by atoms with E-state index in [0.29, 0.717) is 17.8 Å². The predicted molar refractivity (Wildman–Crippen MR) is 186 cm³/mol. The zero-order valence-corrected chi connectivity index (χ0v) is 29.1. The summed E-state index contributed by atoms with van der Waals surface area (Å²) in [5.41, 5.74) is 13.4. The minimum Gasteiger partial charge on any atom is -0.480 e. The lowest BCUT2D eigenvalue weighted by atomic mass is 9.82. The number of aromatic nitrogens is 1. The van der Waals surface area contributed by atoms with Crippen molar-refractivity contribution in [3.05, 3.63) is 83.7 Å². The van der Waals surface area contributed by atoms with Gasteiger partial charge in [0.2, 0.25) is 17.7 Å². The van der Waals surface area contributed by atoms with Crippen LogP contribution in [0.2, 0.25) is 0 Å². The number of carboxylic acid groups (broad SMARTS) is 1. The summed E-state index contributed by atoms with van der Waals surface area (Å²) in [5, 5.41) is 14.1. The zero-order valence-electron chi connectivity index (χ0n) is 28.2. The molecule has 0 fully saturated rings. The third-order valence-electron chi connectivity index (χ3n) is 7.79. The number of hydrogen-bond acceptors (Lipinski definition) is 7. The van der Waals surface area contributed by atoms with Crippen molar-refractivity contribution < 1.29 is 33.1 Å². The molecular formula is C35H46F2N6O5S. The largest absolute Gasteiger partial charge is 0.480 e. The van der Waals surface area contributed by atoms with E-state index in [-0.39, 0.29) is 54.9 Å². The first-order valence-corrected chi connectivity index (χ1v) is 17.1. The Labute approximate surface area is 289 Å². The monoisotopic (exact) mass is 700 g/mol. The van der Waals surface area contributed by atoms with Gasteiger partial charge >= 0.3 is 5.97 Å². The highest BCUT2D eigenvalue weighted by Gasteiger charge is 2.36. The fraction of sp³-hybridized carbons (Fsp3) is 0.429. The second kappa shape index (κ2) is 17.9. The number of nitrogens with zero attached hydrogens (tertiary/aromatic N) is 2. The van der Waals surface area contributed by atoms with Gasteiger partial charge in [-0.05, 0) is 41.7 Å². The lowest BCUT2D eigenvalue weighted by Gasteiger charge is -2.41. The Morgan fingerprint density at radius 2 is 1.65 bits per heavy atom. The average Bonchev–Trinajstić information content (AvgIpc) is 3.43. The van der Waals surface area contributed by atoms with E-state index < -0.39 is 47.1 Å².